The molecule has 0 aliphatic heterocycles. The maximum atomic E-state index is 10.5. The Morgan fingerprint density at radius 1 is 1.21 bits per heavy atom. The van der Waals surface area contributed by atoms with Crippen molar-refractivity contribution in [1.29, 1.82) is 0 Å². The van der Waals surface area contributed by atoms with Gasteiger partial charge in [-0.1, -0.05) is 30.3 Å². The number of methoxy groups -OCH3 is 1. The Morgan fingerprint density at radius 3 is 2.50 bits per heavy atom. The number of hydrogen-bond donors (Lipinski definition) is 1. The number of nitrogens with zero attached hydrogens (tertiary/aromatic N) is 1. The summed E-state index contributed by atoms with van der Waals surface area (Å²) >= 11 is 0. The molecular weight excluding hydrogens is 317 g/mol. The van der Waals surface area contributed by atoms with E-state index in [2.05, 4.69) is 4.99 Å². The summed E-state index contributed by atoms with van der Waals surface area (Å²) in [5, 5.41) is 20.7. The van der Waals surface area contributed by atoms with E-state index in [1.807, 2.05) is 30.3 Å². The maximum absolute atomic E-state index is 10.5. The maximum Gasteiger partial charge on any atom is 1.00 e. The van der Waals surface area contributed by atoms with Crippen molar-refractivity contribution in [3.63, 3.8) is 0 Å². The number of aliphatic imine (C=N–C) groups is 1. The van der Waals surface area contributed by atoms with Crippen LogP contribution in [0.1, 0.15) is 24.0 Å². The Bertz CT molecular complexity index is 701. The topological polar surface area (TPSA) is 82.0 Å². The summed E-state index contributed by atoms with van der Waals surface area (Å²) in [7, 11) is 1.53. The quantitative estimate of drug-likeness (QED) is 0.390. The van der Waals surface area contributed by atoms with E-state index in [0.717, 1.165) is 5.56 Å². The van der Waals surface area contributed by atoms with Crippen molar-refractivity contribution < 1.29 is 49.3 Å². The number of carboxylic acid groups (broad SMARTS) is 1. The molecule has 1 N–H and O–H groups in total. The summed E-state index contributed by atoms with van der Waals surface area (Å²) in [6.45, 7) is 0.337. The minimum Gasteiger partial charge on any atom is -0.550 e. The molecule has 6 heteroatoms. The summed E-state index contributed by atoms with van der Waals surface area (Å²) in [5.74, 6) is -0.476. The molecule has 5 nitrogen and oxygen atoms in total. The van der Waals surface area contributed by atoms with Gasteiger partial charge in [0.1, 0.15) is 11.5 Å². The number of hydrogen-bond acceptors (Lipinski definition) is 5. The van der Waals surface area contributed by atoms with E-state index in [4.69, 9.17) is 4.74 Å². The zero-order valence-corrected chi connectivity index (χ0v) is 15.9. The van der Waals surface area contributed by atoms with E-state index in [9.17, 15) is 15.0 Å². The molecule has 0 amide bonds. The number of benzene rings is 2. The Labute approximate surface area is 163 Å². The van der Waals surface area contributed by atoms with Crippen molar-refractivity contribution in [2.75, 3.05) is 13.7 Å². The van der Waals surface area contributed by atoms with Crippen LogP contribution in [0.2, 0.25) is 0 Å². The molecule has 0 aromatic heterocycles. The number of ether oxygens (including phenoxy) is 1. The number of phenolic OH excluding ortho intramolecular Hbond substituents is 1. The van der Waals surface area contributed by atoms with E-state index < -0.39 is 5.97 Å². The average Bonchev–Trinajstić information content (AvgIpc) is 2.56. The first kappa shape index (κ1) is 20.2. The van der Waals surface area contributed by atoms with E-state index in [-0.39, 0.29) is 41.7 Å². The van der Waals surface area contributed by atoms with Crippen LogP contribution in [-0.4, -0.2) is 30.4 Å². The summed E-state index contributed by atoms with van der Waals surface area (Å²) < 4.78 is 5.09. The molecule has 2 aromatic rings. The van der Waals surface area contributed by atoms with Gasteiger partial charge in [0.15, 0.2) is 0 Å². The van der Waals surface area contributed by atoms with Gasteiger partial charge < -0.3 is 19.7 Å². The van der Waals surface area contributed by atoms with Crippen molar-refractivity contribution in [1.82, 2.24) is 0 Å². The molecular formula is C18H18NNaO4. The van der Waals surface area contributed by atoms with Crippen molar-refractivity contribution >= 4 is 11.7 Å². The molecule has 120 valence electrons. The van der Waals surface area contributed by atoms with Gasteiger partial charge in [0.05, 0.1) is 12.8 Å². The number of aliphatic carboxylic acids is 1. The SMILES string of the molecule is COc1ccc(C(=NCCCC(=O)[O-])c2ccccc2)c(O)c1.[Na+]. The Kier molecular flexibility index (Phi) is 8.54. The number of carbonyl (C=O) groups excluding carboxylic acids is 1. The fourth-order valence-electron chi connectivity index (χ4n) is 2.18. The second-order valence-corrected chi connectivity index (χ2v) is 4.95. The van der Waals surface area contributed by atoms with Gasteiger partial charge in [-0.3, -0.25) is 4.99 Å². The van der Waals surface area contributed by atoms with Gasteiger partial charge in [-0.05, 0) is 25.0 Å². The van der Waals surface area contributed by atoms with Gasteiger partial charge in [0, 0.05) is 29.7 Å². The third-order valence-electron chi connectivity index (χ3n) is 3.32. The van der Waals surface area contributed by atoms with Crippen molar-refractivity contribution in [3.8, 4) is 11.5 Å². The minimum atomic E-state index is -1.09. The fraction of sp³-hybridized carbons (Fsp3) is 0.222. The molecule has 24 heavy (non-hydrogen) atoms. The van der Waals surface area contributed by atoms with Gasteiger partial charge in [0.25, 0.3) is 0 Å². The third-order valence-corrected chi connectivity index (χ3v) is 3.32. The van der Waals surface area contributed by atoms with Crippen LogP contribution in [-0.2, 0) is 4.79 Å². The largest absolute Gasteiger partial charge is 1.00 e. The van der Waals surface area contributed by atoms with Gasteiger partial charge in [-0.15, -0.1) is 0 Å². The molecule has 0 heterocycles. The summed E-state index contributed by atoms with van der Waals surface area (Å²) in [6.07, 6.45) is 0.343. The Morgan fingerprint density at radius 2 is 1.92 bits per heavy atom. The molecule has 2 aromatic carbocycles. The van der Waals surface area contributed by atoms with Crippen LogP contribution in [0.5, 0.6) is 11.5 Å². The van der Waals surface area contributed by atoms with Gasteiger partial charge >= 0.3 is 29.6 Å². The van der Waals surface area contributed by atoms with Crippen LogP contribution in [0, 0.1) is 0 Å². The summed E-state index contributed by atoms with van der Waals surface area (Å²) in [5.41, 5.74) is 2.04. The van der Waals surface area contributed by atoms with Crippen molar-refractivity contribution in [3.05, 3.63) is 59.7 Å². The molecule has 0 fully saturated rings. The monoisotopic (exact) mass is 335 g/mol. The number of carboxylic acids is 1. The molecule has 0 atom stereocenters. The Hall–Kier alpha value is -1.82. The number of phenols is 1. The van der Waals surface area contributed by atoms with Crippen LogP contribution >= 0.6 is 0 Å². The smallest absolute Gasteiger partial charge is 0.550 e. The molecule has 0 aliphatic carbocycles. The third kappa shape index (κ3) is 5.67. The summed E-state index contributed by atoms with van der Waals surface area (Å²) in [4.78, 5) is 15.0. The Balaban J connectivity index is 0.00000288. The van der Waals surface area contributed by atoms with E-state index in [1.54, 1.807) is 12.1 Å². The molecule has 2 rings (SSSR count). The standard InChI is InChI=1S/C18H19NO4.Na/c1-23-14-9-10-15(16(20)12-14)18(13-6-3-2-4-7-13)19-11-5-8-17(21)22;/h2-4,6-7,9-10,12,20H,5,8,11H2,1H3,(H,21,22);/q;+1/p-1. The number of aromatic hydroxyl groups is 1. The molecule has 0 radical (unpaired) electrons. The van der Waals surface area contributed by atoms with Crippen LogP contribution in [0.4, 0.5) is 0 Å². The normalized spacial score (nSPS) is 10.8. The average molecular weight is 335 g/mol. The molecule has 0 bridgehead atoms. The minimum absolute atomic E-state index is 0. The predicted molar refractivity (Wildman–Crippen MR) is 85.8 cm³/mol. The first-order valence-electron chi connectivity index (χ1n) is 7.29. The van der Waals surface area contributed by atoms with Crippen LogP contribution < -0.4 is 39.4 Å². The first-order valence-corrected chi connectivity index (χ1v) is 7.29. The summed E-state index contributed by atoms with van der Waals surface area (Å²) in [6, 6.07) is 14.4. The molecule has 0 saturated carbocycles. The van der Waals surface area contributed by atoms with E-state index >= 15 is 0 Å². The van der Waals surface area contributed by atoms with Crippen LogP contribution in [0.3, 0.4) is 0 Å². The fourth-order valence-corrected chi connectivity index (χ4v) is 2.18. The number of rotatable bonds is 7. The zero-order chi connectivity index (χ0) is 16.7. The van der Waals surface area contributed by atoms with Gasteiger partial charge in [-0.25, -0.2) is 0 Å². The molecule has 0 spiro atoms. The van der Waals surface area contributed by atoms with Gasteiger partial charge in [-0.2, -0.15) is 0 Å². The number of carbonyl (C=O) groups is 1. The first-order chi connectivity index (χ1) is 11.1. The molecule has 0 saturated heterocycles. The predicted octanol–water partition coefficient (Wildman–Crippen LogP) is -1.23. The van der Waals surface area contributed by atoms with Crippen LogP contribution in [0.15, 0.2) is 53.5 Å². The molecule has 0 aliphatic rings. The van der Waals surface area contributed by atoms with E-state index in [0.29, 0.717) is 30.0 Å². The van der Waals surface area contributed by atoms with Crippen molar-refractivity contribution in [2.45, 2.75) is 12.8 Å². The van der Waals surface area contributed by atoms with E-state index in [1.165, 1.54) is 13.2 Å². The zero-order valence-electron chi connectivity index (χ0n) is 13.9. The second kappa shape index (κ2) is 10.1. The van der Waals surface area contributed by atoms with Crippen LogP contribution in [0.25, 0.3) is 0 Å². The van der Waals surface area contributed by atoms with Gasteiger partial charge in [0.2, 0.25) is 0 Å². The molecule has 0 unspecified atom stereocenters. The van der Waals surface area contributed by atoms with Crippen molar-refractivity contribution in [2.24, 2.45) is 4.99 Å². The second-order valence-electron chi connectivity index (χ2n) is 4.95.